The normalized spacial score (nSPS) is 19.3. The third kappa shape index (κ3) is 4.11. The summed E-state index contributed by atoms with van der Waals surface area (Å²) in [4.78, 5) is 9.10. The van der Waals surface area contributed by atoms with Crippen LogP contribution in [0.25, 0.3) is 0 Å². The molecule has 3 heterocycles. The maximum absolute atomic E-state index is 12.4. The summed E-state index contributed by atoms with van der Waals surface area (Å²) in [6.45, 7) is 2.81. The summed E-state index contributed by atoms with van der Waals surface area (Å²) in [6.07, 6.45) is 1.65. The quantitative estimate of drug-likeness (QED) is 0.831. The van der Waals surface area contributed by atoms with Gasteiger partial charge in [-0.3, -0.25) is 0 Å². The Labute approximate surface area is 151 Å². The number of rotatable bonds is 5. The van der Waals surface area contributed by atoms with Crippen molar-refractivity contribution in [3.05, 3.63) is 23.1 Å². The standard InChI is InChI=1S/C14H21N7O2S2/c1-10-7-12(18-14-19-15-9-24-14)17-13(16-10)11-5-4-6-21(8-11)25(22,23)20(2)3/h7,9,11H,4-6,8H2,1-3H3,(H,16,17,18,19)/t11-/m0/s1. The fourth-order valence-corrected chi connectivity index (χ4v) is 4.41. The van der Waals surface area contributed by atoms with E-state index in [1.54, 1.807) is 19.6 Å². The lowest BCUT2D eigenvalue weighted by molar-refractivity contribution is 0.293. The Morgan fingerprint density at radius 1 is 1.36 bits per heavy atom. The van der Waals surface area contributed by atoms with Gasteiger partial charge in [0.1, 0.15) is 17.2 Å². The zero-order chi connectivity index (χ0) is 18.0. The smallest absolute Gasteiger partial charge is 0.281 e. The first kappa shape index (κ1) is 18.1. The van der Waals surface area contributed by atoms with Crippen molar-refractivity contribution in [3.8, 4) is 0 Å². The molecular formula is C14H21N7O2S2. The van der Waals surface area contributed by atoms with Gasteiger partial charge >= 0.3 is 0 Å². The van der Waals surface area contributed by atoms with Crippen LogP contribution in [0, 0.1) is 6.92 Å². The molecule has 2 aromatic heterocycles. The first-order chi connectivity index (χ1) is 11.9. The lowest BCUT2D eigenvalue weighted by Gasteiger charge is -2.32. The summed E-state index contributed by atoms with van der Waals surface area (Å²) in [6, 6.07) is 1.84. The van der Waals surface area contributed by atoms with Gasteiger partial charge in [0.2, 0.25) is 5.13 Å². The summed E-state index contributed by atoms with van der Waals surface area (Å²) in [5.41, 5.74) is 2.46. The van der Waals surface area contributed by atoms with Crippen molar-refractivity contribution in [3.63, 3.8) is 0 Å². The molecule has 25 heavy (non-hydrogen) atoms. The molecular weight excluding hydrogens is 362 g/mol. The molecule has 136 valence electrons. The van der Waals surface area contributed by atoms with Gasteiger partial charge in [-0.25, -0.2) is 9.97 Å². The van der Waals surface area contributed by atoms with Crippen LogP contribution in [0.3, 0.4) is 0 Å². The minimum atomic E-state index is -3.42. The molecule has 0 amide bonds. The fraction of sp³-hybridized carbons (Fsp3) is 0.571. The highest BCUT2D eigenvalue weighted by Gasteiger charge is 2.32. The molecule has 1 fully saturated rings. The van der Waals surface area contributed by atoms with Crippen molar-refractivity contribution in [2.24, 2.45) is 0 Å². The van der Waals surface area contributed by atoms with E-state index >= 15 is 0 Å². The molecule has 1 atom stereocenters. The van der Waals surface area contributed by atoms with Crippen LogP contribution >= 0.6 is 11.3 Å². The number of nitrogens with zero attached hydrogens (tertiary/aromatic N) is 6. The molecule has 11 heteroatoms. The predicted molar refractivity (Wildman–Crippen MR) is 96.1 cm³/mol. The Morgan fingerprint density at radius 3 is 2.84 bits per heavy atom. The first-order valence-electron chi connectivity index (χ1n) is 7.92. The SMILES string of the molecule is Cc1cc(Nc2nncs2)nc([C@H]2CCCN(S(=O)(=O)N(C)C)C2)n1. The zero-order valence-electron chi connectivity index (χ0n) is 14.4. The van der Waals surface area contributed by atoms with E-state index in [-0.39, 0.29) is 5.92 Å². The second kappa shape index (κ2) is 7.28. The number of aryl methyl sites for hydroxylation is 1. The molecule has 1 aliphatic heterocycles. The Hall–Kier alpha value is -1.69. The van der Waals surface area contributed by atoms with Gasteiger partial charge in [0, 0.05) is 44.9 Å². The fourth-order valence-electron chi connectivity index (χ4n) is 2.77. The maximum Gasteiger partial charge on any atom is 0.281 e. The second-order valence-electron chi connectivity index (χ2n) is 6.11. The van der Waals surface area contributed by atoms with Gasteiger partial charge in [-0.2, -0.15) is 17.0 Å². The molecule has 2 aromatic rings. The van der Waals surface area contributed by atoms with Crippen molar-refractivity contribution >= 4 is 32.5 Å². The van der Waals surface area contributed by atoms with Gasteiger partial charge in [-0.15, -0.1) is 10.2 Å². The van der Waals surface area contributed by atoms with Crippen molar-refractivity contribution < 1.29 is 8.42 Å². The largest absolute Gasteiger partial charge is 0.315 e. The van der Waals surface area contributed by atoms with Gasteiger partial charge in [0.05, 0.1) is 0 Å². The maximum atomic E-state index is 12.4. The number of hydrogen-bond donors (Lipinski definition) is 1. The van der Waals surface area contributed by atoms with E-state index in [1.807, 2.05) is 13.0 Å². The lowest BCUT2D eigenvalue weighted by Crippen LogP contribution is -2.45. The molecule has 0 radical (unpaired) electrons. The van der Waals surface area contributed by atoms with Crippen molar-refractivity contribution in [2.45, 2.75) is 25.7 Å². The van der Waals surface area contributed by atoms with Crippen molar-refractivity contribution in [2.75, 3.05) is 32.5 Å². The van der Waals surface area contributed by atoms with Crippen LogP contribution in [0.4, 0.5) is 10.9 Å². The molecule has 9 nitrogen and oxygen atoms in total. The molecule has 0 aromatic carbocycles. The van der Waals surface area contributed by atoms with Gasteiger partial charge in [0.25, 0.3) is 10.2 Å². The summed E-state index contributed by atoms with van der Waals surface area (Å²) in [5, 5.41) is 11.5. The van der Waals surface area contributed by atoms with E-state index in [1.165, 1.54) is 19.9 Å². The molecule has 1 aliphatic rings. The Kier molecular flexibility index (Phi) is 5.27. The van der Waals surface area contributed by atoms with Crippen LogP contribution in [0.2, 0.25) is 0 Å². The molecule has 0 unspecified atom stereocenters. The van der Waals surface area contributed by atoms with Gasteiger partial charge in [-0.05, 0) is 19.8 Å². The topological polar surface area (TPSA) is 104 Å². The van der Waals surface area contributed by atoms with E-state index in [2.05, 4.69) is 25.5 Å². The summed E-state index contributed by atoms with van der Waals surface area (Å²) >= 11 is 1.39. The van der Waals surface area contributed by atoms with Crippen LogP contribution in [-0.2, 0) is 10.2 Å². The molecule has 0 saturated carbocycles. The Morgan fingerprint density at radius 2 is 2.16 bits per heavy atom. The second-order valence-corrected chi connectivity index (χ2v) is 9.08. The molecule has 3 rings (SSSR count). The molecule has 0 aliphatic carbocycles. The highest BCUT2D eigenvalue weighted by molar-refractivity contribution is 7.86. The van der Waals surface area contributed by atoms with Gasteiger partial charge in [-0.1, -0.05) is 11.3 Å². The van der Waals surface area contributed by atoms with Crippen molar-refractivity contribution in [1.82, 2.24) is 28.8 Å². The van der Waals surface area contributed by atoms with Gasteiger partial charge < -0.3 is 5.32 Å². The van der Waals surface area contributed by atoms with E-state index in [0.29, 0.717) is 29.9 Å². The lowest BCUT2D eigenvalue weighted by atomic mass is 9.99. The summed E-state index contributed by atoms with van der Waals surface area (Å²) in [7, 11) is -0.328. The highest BCUT2D eigenvalue weighted by atomic mass is 32.2. The van der Waals surface area contributed by atoms with Crippen LogP contribution in [0.15, 0.2) is 11.6 Å². The number of piperidine rings is 1. The summed E-state index contributed by atoms with van der Waals surface area (Å²) < 4.78 is 27.5. The molecule has 1 N–H and O–H groups in total. The van der Waals surface area contributed by atoms with Crippen molar-refractivity contribution in [1.29, 1.82) is 0 Å². The average Bonchev–Trinajstić information content (AvgIpc) is 3.07. The van der Waals surface area contributed by atoms with E-state index in [4.69, 9.17) is 0 Å². The minimum Gasteiger partial charge on any atom is -0.315 e. The molecule has 1 saturated heterocycles. The van der Waals surface area contributed by atoms with Crippen LogP contribution in [-0.4, -0.2) is 64.4 Å². The van der Waals surface area contributed by atoms with E-state index in [9.17, 15) is 8.42 Å². The third-order valence-electron chi connectivity index (χ3n) is 4.00. The minimum absolute atomic E-state index is 0.0293. The zero-order valence-corrected chi connectivity index (χ0v) is 16.0. The van der Waals surface area contributed by atoms with Gasteiger partial charge in [0.15, 0.2) is 0 Å². The highest BCUT2D eigenvalue weighted by Crippen LogP contribution is 2.28. The van der Waals surface area contributed by atoms with Crippen LogP contribution < -0.4 is 5.32 Å². The van der Waals surface area contributed by atoms with Crippen LogP contribution in [0.1, 0.15) is 30.3 Å². The monoisotopic (exact) mass is 383 g/mol. The van der Waals surface area contributed by atoms with E-state index in [0.717, 1.165) is 18.5 Å². The predicted octanol–water partition coefficient (Wildman–Crippen LogP) is 1.37. The number of anilines is 2. The molecule has 0 spiro atoms. The summed E-state index contributed by atoms with van der Waals surface area (Å²) in [5.74, 6) is 1.27. The first-order valence-corrected chi connectivity index (χ1v) is 10.2. The number of aromatic nitrogens is 4. The number of hydrogen-bond acceptors (Lipinski definition) is 8. The average molecular weight is 384 g/mol. The van der Waals surface area contributed by atoms with Crippen LogP contribution in [0.5, 0.6) is 0 Å². The molecule has 0 bridgehead atoms. The third-order valence-corrected chi connectivity index (χ3v) is 6.52. The van der Waals surface area contributed by atoms with E-state index < -0.39 is 10.2 Å². The number of nitrogens with one attached hydrogen (secondary N) is 1. The Bertz CT molecular complexity index is 824. The Balaban J connectivity index is 1.82.